The third-order valence-electron chi connectivity index (χ3n) is 5.04. The van der Waals surface area contributed by atoms with Crippen molar-refractivity contribution in [2.75, 3.05) is 13.2 Å². The fourth-order valence-corrected chi connectivity index (χ4v) is 3.69. The highest BCUT2D eigenvalue weighted by Crippen LogP contribution is 2.31. The second-order valence-corrected chi connectivity index (χ2v) is 7.44. The number of nitrogens with zero attached hydrogens (tertiary/aromatic N) is 2. The van der Waals surface area contributed by atoms with Crippen molar-refractivity contribution < 1.29 is 9.84 Å². The Morgan fingerprint density at radius 1 is 1.24 bits per heavy atom. The molecule has 2 heterocycles. The van der Waals surface area contributed by atoms with E-state index in [-0.39, 0.29) is 11.3 Å². The third-order valence-corrected chi connectivity index (χ3v) is 5.29. The molecule has 7 heteroatoms. The van der Waals surface area contributed by atoms with E-state index in [1.165, 1.54) is 0 Å². The molecule has 0 unspecified atom stereocenters. The summed E-state index contributed by atoms with van der Waals surface area (Å²) in [6.45, 7) is 4.14. The first-order valence-corrected chi connectivity index (χ1v) is 9.97. The van der Waals surface area contributed by atoms with E-state index in [9.17, 15) is 9.90 Å². The van der Waals surface area contributed by atoms with Crippen molar-refractivity contribution in [1.29, 1.82) is 0 Å². The molecule has 0 radical (unpaired) electrons. The van der Waals surface area contributed by atoms with Gasteiger partial charge in [0.1, 0.15) is 5.82 Å². The second kappa shape index (κ2) is 8.27. The molecule has 0 saturated carbocycles. The minimum Gasteiger partial charge on any atom is -0.504 e. The van der Waals surface area contributed by atoms with Gasteiger partial charge in [-0.3, -0.25) is 9.69 Å². The molecule has 0 aliphatic carbocycles. The van der Waals surface area contributed by atoms with E-state index >= 15 is 0 Å². The van der Waals surface area contributed by atoms with Crippen molar-refractivity contribution >= 4 is 11.6 Å². The molecule has 0 fully saturated rings. The summed E-state index contributed by atoms with van der Waals surface area (Å²) in [6.07, 6.45) is 0.672. The molecule has 1 aliphatic rings. The largest absolute Gasteiger partial charge is 0.504 e. The fraction of sp³-hybridized carbons (Fsp3) is 0.273. The Balaban J connectivity index is 1.56. The molecule has 4 rings (SSSR count). The summed E-state index contributed by atoms with van der Waals surface area (Å²) in [4.78, 5) is 22.4. The summed E-state index contributed by atoms with van der Waals surface area (Å²) in [7, 11) is 0. The van der Waals surface area contributed by atoms with Crippen LogP contribution in [0.15, 0.2) is 47.3 Å². The lowest BCUT2D eigenvalue weighted by molar-refractivity contribution is 0.237. The summed E-state index contributed by atoms with van der Waals surface area (Å²) in [5.74, 6) is 1.20. The summed E-state index contributed by atoms with van der Waals surface area (Å²) < 4.78 is 5.46. The zero-order chi connectivity index (χ0) is 20.4. The molecule has 3 aromatic rings. The third kappa shape index (κ3) is 4.13. The monoisotopic (exact) mass is 411 g/mol. The molecule has 6 nitrogen and oxygen atoms in total. The number of aromatic nitrogens is 2. The highest BCUT2D eigenvalue weighted by Gasteiger charge is 2.22. The Morgan fingerprint density at radius 2 is 2.03 bits per heavy atom. The Hall–Kier alpha value is -2.83. The number of ether oxygens (including phenoxy) is 1. The van der Waals surface area contributed by atoms with Crippen LogP contribution in [0.2, 0.25) is 5.02 Å². The predicted molar refractivity (Wildman–Crippen MR) is 112 cm³/mol. The number of fused-ring (bicyclic) bond motifs is 1. The topological polar surface area (TPSA) is 78.5 Å². The number of aromatic hydroxyl groups is 1. The molecule has 0 atom stereocenters. The zero-order valence-corrected chi connectivity index (χ0v) is 16.9. The first-order valence-electron chi connectivity index (χ1n) is 9.59. The van der Waals surface area contributed by atoms with Gasteiger partial charge < -0.3 is 14.8 Å². The van der Waals surface area contributed by atoms with E-state index in [0.717, 1.165) is 23.4 Å². The number of benzene rings is 2. The van der Waals surface area contributed by atoms with Gasteiger partial charge in [-0.25, -0.2) is 4.98 Å². The summed E-state index contributed by atoms with van der Waals surface area (Å²) in [5.41, 5.74) is 2.98. The van der Waals surface area contributed by atoms with Gasteiger partial charge in [-0.15, -0.1) is 0 Å². The van der Waals surface area contributed by atoms with Crippen LogP contribution in [0.4, 0.5) is 0 Å². The molecule has 0 bridgehead atoms. The lowest BCUT2D eigenvalue weighted by Crippen LogP contribution is -2.35. The van der Waals surface area contributed by atoms with Crippen molar-refractivity contribution in [2.45, 2.75) is 26.4 Å². The van der Waals surface area contributed by atoms with Crippen LogP contribution in [-0.4, -0.2) is 33.1 Å². The Bertz CT molecular complexity index is 1080. The quantitative estimate of drug-likeness (QED) is 0.668. The van der Waals surface area contributed by atoms with Gasteiger partial charge in [-0.2, -0.15) is 0 Å². The molecular formula is C22H22ClN3O3. The smallest absolute Gasteiger partial charge is 0.255 e. The van der Waals surface area contributed by atoms with Crippen LogP contribution in [0.3, 0.4) is 0 Å². The molecule has 1 aromatic heterocycles. The van der Waals surface area contributed by atoms with Crippen LogP contribution in [0.25, 0.3) is 11.4 Å². The molecule has 150 valence electrons. The first-order chi connectivity index (χ1) is 14.0. The minimum atomic E-state index is -0.128. The normalized spacial score (nSPS) is 13.9. The van der Waals surface area contributed by atoms with Crippen molar-refractivity contribution in [1.82, 2.24) is 14.9 Å². The van der Waals surface area contributed by atoms with E-state index in [1.54, 1.807) is 18.2 Å². The van der Waals surface area contributed by atoms with Crippen molar-refractivity contribution in [3.63, 3.8) is 0 Å². The van der Waals surface area contributed by atoms with Crippen LogP contribution >= 0.6 is 11.6 Å². The van der Waals surface area contributed by atoms with Gasteiger partial charge in [0.25, 0.3) is 5.56 Å². The number of H-pyrrole nitrogens is 1. The maximum Gasteiger partial charge on any atom is 0.255 e. The number of phenols is 1. The standard InChI is InChI=1S/C22H22ClN3O3/c1-2-29-19-5-3-4-15(20(19)27)12-26-11-10-18-17(13-26)22(28)25-21(24-18)14-6-8-16(23)9-7-14/h3-9,27H,2,10-13H2,1H3,(H,24,25,28). The Kier molecular flexibility index (Phi) is 5.56. The number of hydrogen-bond acceptors (Lipinski definition) is 5. The molecule has 2 N–H and O–H groups in total. The second-order valence-electron chi connectivity index (χ2n) is 7.00. The van der Waals surface area contributed by atoms with Crippen molar-refractivity contribution in [2.24, 2.45) is 0 Å². The van der Waals surface area contributed by atoms with Crippen LogP contribution in [-0.2, 0) is 19.5 Å². The minimum absolute atomic E-state index is 0.128. The van der Waals surface area contributed by atoms with Gasteiger partial charge in [-0.1, -0.05) is 23.7 Å². The van der Waals surface area contributed by atoms with E-state index in [1.807, 2.05) is 31.2 Å². The number of aromatic amines is 1. The number of rotatable bonds is 5. The van der Waals surface area contributed by atoms with E-state index in [4.69, 9.17) is 16.3 Å². The highest BCUT2D eigenvalue weighted by molar-refractivity contribution is 6.30. The number of para-hydroxylation sites is 1. The van der Waals surface area contributed by atoms with Gasteiger partial charge in [0.2, 0.25) is 0 Å². The lowest BCUT2D eigenvalue weighted by atomic mass is 10.0. The summed E-state index contributed by atoms with van der Waals surface area (Å²) in [5, 5.41) is 11.1. The van der Waals surface area contributed by atoms with Crippen LogP contribution < -0.4 is 10.3 Å². The van der Waals surface area contributed by atoms with Crippen LogP contribution in [0.1, 0.15) is 23.7 Å². The van der Waals surface area contributed by atoms with E-state index in [2.05, 4.69) is 14.9 Å². The lowest BCUT2D eigenvalue weighted by Gasteiger charge is -2.28. The van der Waals surface area contributed by atoms with Gasteiger partial charge in [0.05, 0.1) is 17.9 Å². The maximum atomic E-state index is 12.7. The molecular weight excluding hydrogens is 390 g/mol. The maximum absolute atomic E-state index is 12.7. The highest BCUT2D eigenvalue weighted by atomic mass is 35.5. The zero-order valence-electron chi connectivity index (χ0n) is 16.1. The molecule has 1 aliphatic heterocycles. The molecule has 0 spiro atoms. The number of hydrogen-bond donors (Lipinski definition) is 2. The number of nitrogens with one attached hydrogen (secondary N) is 1. The number of phenolic OH excluding ortho intramolecular Hbond substituents is 1. The fourth-order valence-electron chi connectivity index (χ4n) is 3.57. The van der Waals surface area contributed by atoms with Crippen LogP contribution in [0, 0.1) is 0 Å². The summed E-state index contributed by atoms with van der Waals surface area (Å²) >= 11 is 5.94. The van der Waals surface area contributed by atoms with Gasteiger partial charge in [-0.05, 0) is 37.3 Å². The van der Waals surface area contributed by atoms with E-state index in [0.29, 0.717) is 48.3 Å². The van der Waals surface area contributed by atoms with Crippen molar-refractivity contribution in [3.8, 4) is 22.9 Å². The van der Waals surface area contributed by atoms with Gasteiger partial charge >= 0.3 is 0 Å². The number of halogens is 1. The molecule has 29 heavy (non-hydrogen) atoms. The van der Waals surface area contributed by atoms with Crippen molar-refractivity contribution in [3.05, 3.63) is 74.7 Å². The Morgan fingerprint density at radius 3 is 2.79 bits per heavy atom. The SMILES string of the molecule is CCOc1cccc(CN2CCc3nc(-c4ccc(Cl)cc4)[nH]c(=O)c3C2)c1O. The molecule has 0 amide bonds. The van der Waals surface area contributed by atoms with E-state index < -0.39 is 0 Å². The Labute approximate surface area is 173 Å². The molecule has 2 aromatic carbocycles. The van der Waals surface area contributed by atoms with Gasteiger partial charge in [0, 0.05) is 42.2 Å². The van der Waals surface area contributed by atoms with Gasteiger partial charge in [0.15, 0.2) is 11.5 Å². The van der Waals surface area contributed by atoms with Crippen LogP contribution in [0.5, 0.6) is 11.5 Å². The summed E-state index contributed by atoms with van der Waals surface area (Å²) in [6, 6.07) is 12.7. The average Bonchev–Trinajstić information content (AvgIpc) is 2.72. The first kappa shape index (κ1) is 19.5. The predicted octanol–water partition coefficient (Wildman–Crippen LogP) is 3.75. The molecule has 0 saturated heterocycles. The average molecular weight is 412 g/mol.